The molecule has 0 aliphatic heterocycles. The second kappa shape index (κ2) is 6.90. The maximum absolute atomic E-state index is 10.6. The van der Waals surface area contributed by atoms with Gasteiger partial charge in [0.05, 0.1) is 11.9 Å². The molecule has 1 rings (SSSR count). The molecule has 0 N–H and O–H groups in total. The van der Waals surface area contributed by atoms with Crippen molar-refractivity contribution in [2.45, 2.75) is 13.3 Å². The lowest BCUT2D eigenvalue weighted by Crippen LogP contribution is -2.36. The predicted octanol–water partition coefficient (Wildman–Crippen LogP) is 2.26. The zero-order chi connectivity index (χ0) is 13.5. The molecule has 0 amide bonds. The van der Waals surface area contributed by atoms with Gasteiger partial charge >= 0.3 is 0 Å². The van der Waals surface area contributed by atoms with Gasteiger partial charge in [0.1, 0.15) is 5.15 Å². The maximum Gasteiger partial charge on any atom is 0.260 e. The Morgan fingerprint density at radius 2 is 2.33 bits per heavy atom. The van der Waals surface area contributed by atoms with E-state index in [2.05, 4.69) is 9.98 Å². The molecular formula is C11H15ClN4O2. The van der Waals surface area contributed by atoms with E-state index in [0.29, 0.717) is 17.5 Å². The van der Waals surface area contributed by atoms with E-state index in [1.807, 2.05) is 6.92 Å². The second-order valence-electron chi connectivity index (χ2n) is 3.62. The molecule has 18 heavy (non-hydrogen) atoms. The summed E-state index contributed by atoms with van der Waals surface area (Å²) in [5.41, 5.74) is 0.753. The first-order chi connectivity index (χ1) is 8.58. The minimum atomic E-state index is -0.395. The van der Waals surface area contributed by atoms with E-state index in [4.69, 9.17) is 11.6 Å². The molecule has 1 aromatic heterocycles. The van der Waals surface area contributed by atoms with Crippen molar-refractivity contribution >= 4 is 23.1 Å². The quantitative estimate of drug-likeness (QED) is 0.270. The fraction of sp³-hybridized carbons (Fsp3) is 0.455. The summed E-state index contributed by atoms with van der Waals surface area (Å²) in [4.78, 5) is 20.0. The molecule has 0 aromatic carbocycles. The van der Waals surface area contributed by atoms with Crippen LogP contribution in [0, 0.1) is 10.1 Å². The number of pyridine rings is 1. The van der Waals surface area contributed by atoms with Gasteiger partial charge in [-0.1, -0.05) is 18.5 Å². The topological polar surface area (TPSA) is 71.6 Å². The summed E-state index contributed by atoms with van der Waals surface area (Å²) in [5.74, 6) is 0.408. The number of hydrogen-bond donors (Lipinski definition) is 0. The third-order valence-electron chi connectivity index (χ3n) is 2.31. The van der Waals surface area contributed by atoms with E-state index < -0.39 is 4.92 Å². The van der Waals surface area contributed by atoms with Crippen LogP contribution in [-0.2, 0) is 0 Å². The van der Waals surface area contributed by atoms with Gasteiger partial charge in [-0.3, -0.25) is 15.1 Å². The van der Waals surface area contributed by atoms with Gasteiger partial charge in [-0.15, -0.1) is 0 Å². The largest absolute Gasteiger partial charge is 0.323 e. The molecule has 0 bridgehead atoms. The lowest BCUT2D eigenvalue weighted by molar-refractivity contribution is -0.463. The summed E-state index contributed by atoms with van der Waals surface area (Å²) in [7, 11) is 1.55. The van der Waals surface area contributed by atoms with Gasteiger partial charge in [-0.05, 0) is 18.6 Å². The third-order valence-corrected chi connectivity index (χ3v) is 2.53. The molecule has 0 spiro atoms. The molecule has 0 aliphatic rings. The number of aliphatic imine (C=N–C) groups is 1. The first kappa shape index (κ1) is 14.4. The molecule has 0 saturated carbocycles. The number of nitro groups is 1. The van der Waals surface area contributed by atoms with E-state index in [9.17, 15) is 10.1 Å². The van der Waals surface area contributed by atoms with Crippen LogP contribution in [0.3, 0.4) is 0 Å². The van der Waals surface area contributed by atoms with Crippen molar-refractivity contribution in [3.05, 3.63) is 33.6 Å². The van der Waals surface area contributed by atoms with E-state index in [-0.39, 0.29) is 6.54 Å². The molecule has 98 valence electrons. The number of aromatic nitrogens is 1. The van der Waals surface area contributed by atoms with Crippen molar-refractivity contribution in [3.8, 4) is 0 Å². The summed E-state index contributed by atoms with van der Waals surface area (Å²) in [6.45, 7) is 2.33. The molecule has 0 fully saturated rings. The van der Waals surface area contributed by atoms with Crippen molar-refractivity contribution < 1.29 is 4.92 Å². The summed E-state index contributed by atoms with van der Waals surface area (Å²) in [6, 6.07) is 3.43. The molecule has 0 radical (unpaired) electrons. The number of amidine groups is 1. The van der Waals surface area contributed by atoms with Crippen LogP contribution in [0.15, 0.2) is 23.3 Å². The Bertz CT molecular complexity index is 433. The number of rotatable bonds is 5. The van der Waals surface area contributed by atoms with Gasteiger partial charge in [-0.2, -0.15) is 0 Å². The van der Waals surface area contributed by atoms with Crippen molar-refractivity contribution in [3.63, 3.8) is 0 Å². The smallest absolute Gasteiger partial charge is 0.260 e. The predicted molar refractivity (Wildman–Crippen MR) is 72.1 cm³/mol. The molecule has 0 saturated heterocycles. The number of halogens is 1. The fourth-order valence-electron chi connectivity index (χ4n) is 1.55. The van der Waals surface area contributed by atoms with Crippen LogP contribution in [-0.4, -0.2) is 35.9 Å². The molecule has 7 heteroatoms. The van der Waals surface area contributed by atoms with Crippen LogP contribution in [0.2, 0.25) is 5.15 Å². The van der Waals surface area contributed by atoms with Gasteiger partial charge in [0, 0.05) is 18.5 Å². The van der Waals surface area contributed by atoms with E-state index in [1.165, 1.54) is 0 Å². The van der Waals surface area contributed by atoms with Gasteiger partial charge in [-0.25, -0.2) is 4.98 Å². The summed E-state index contributed by atoms with van der Waals surface area (Å²) >= 11 is 5.72. The molecule has 1 aromatic rings. The van der Waals surface area contributed by atoms with Crippen molar-refractivity contribution in [2.24, 2.45) is 4.99 Å². The van der Waals surface area contributed by atoms with Crippen LogP contribution < -0.4 is 4.90 Å². The van der Waals surface area contributed by atoms with Crippen LogP contribution in [0.4, 0.5) is 5.69 Å². The average molecular weight is 271 g/mol. The van der Waals surface area contributed by atoms with Crippen LogP contribution in [0.25, 0.3) is 0 Å². The lowest BCUT2D eigenvalue weighted by atomic mass is 10.3. The van der Waals surface area contributed by atoms with Crippen LogP contribution >= 0.6 is 11.6 Å². The van der Waals surface area contributed by atoms with E-state index >= 15 is 0 Å². The number of nitrogens with zero attached hydrogens (tertiary/aromatic N) is 4. The third kappa shape index (κ3) is 3.96. The average Bonchev–Trinajstić information content (AvgIpc) is 2.34. The van der Waals surface area contributed by atoms with Gasteiger partial charge in [0.2, 0.25) is 0 Å². The maximum atomic E-state index is 10.6. The highest BCUT2D eigenvalue weighted by Gasteiger charge is 2.17. The Balaban J connectivity index is 3.00. The second-order valence-corrected chi connectivity index (χ2v) is 4.01. The van der Waals surface area contributed by atoms with Gasteiger partial charge in [0.15, 0.2) is 5.84 Å². The lowest BCUT2D eigenvalue weighted by Gasteiger charge is -2.23. The molecule has 0 unspecified atom stereocenters. The minimum Gasteiger partial charge on any atom is -0.323 e. The first-order valence-electron chi connectivity index (χ1n) is 5.55. The first-order valence-corrected chi connectivity index (χ1v) is 5.92. The highest BCUT2D eigenvalue weighted by atomic mass is 35.5. The Morgan fingerprint density at radius 1 is 1.61 bits per heavy atom. The molecular weight excluding hydrogens is 256 g/mol. The fourth-order valence-corrected chi connectivity index (χ4v) is 1.66. The SMILES string of the molecule is CCCN(C(C[N+](=O)[O-])=NC)c1ccc(Cl)nc1. The molecule has 0 atom stereocenters. The Hall–Kier alpha value is -1.69. The van der Waals surface area contributed by atoms with E-state index in [0.717, 1.165) is 12.1 Å². The normalized spacial score (nSPS) is 11.4. The Labute approximate surface area is 110 Å². The minimum absolute atomic E-state index is 0.306. The standard InChI is InChI=1S/C11H15ClN4O2/c1-3-6-15(11(13-2)8-16(17)18)9-4-5-10(12)14-7-9/h4-5,7H,3,6,8H2,1-2H3. The summed E-state index contributed by atoms with van der Waals surface area (Å²) in [6.07, 6.45) is 2.43. The zero-order valence-electron chi connectivity index (χ0n) is 10.3. The van der Waals surface area contributed by atoms with Crippen molar-refractivity contribution in [1.29, 1.82) is 0 Å². The molecule has 0 aliphatic carbocycles. The molecule has 6 nitrogen and oxygen atoms in total. The monoisotopic (exact) mass is 270 g/mol. The van der Waals surface area contributed by atoms with E-state index in [1.54, 1.807) is 30.3 Å². The Kier molecular flexibility index (Phi) is 5.51. The van der Waals surface area contributed by atoms with Crippen LogP contribution in [0.5, 0.6) is 0 Å². The number of anilines is 1. The van der Waals surface area contributed by atoms with Gasteiger partial charge in [0.25, 0.3) is 6.54 Å². The molecule has 1 heterocycles. The van der Waals surface area contributed by atoms with Crippen molar-refractivity contribution in [2.75, 3.05) is 25.0 Å². The highest BCUT2D eigenvalue weighted by molar-refractivity contribution is 6.29. The van der Waals surface area contributed by atoms with Crippen LogP contribution in [0.1, 0.15) is 13.3 Å². The van der Waals surface area contributed by atoms with Crippen molar-refractivity contribution in [1.82, 2.24) is 4.98 Å². The zero-order valence-corrected chi connectivity index (χ0v) is 11.1. The Morgan fingerprint density at radius 3 is 2.78 bits per heavy atom. The van der Waals surface area contributed by atoms with Gasteiger partial charge < -0.3 is 4.90 Å². The summed E-state index contributed by atoms with van der Waals surface area (Å²) < 4.78 is 0. The number of hydrogen-bond acceptors (Lipinski definition) is 4. The summed E-state index contributed by atoms with van der Waals surface area (Å²) in [5, 5.41) is 11.0. The highest BCUT2D eigenvalue weighted by Crippen LogP contribution is 2.16.